The lowest BCUT2D eigenvalue weighted by molar-refractivity contribution is 0.408. The minimum atomic E-state index is -0.285. The number of benzene rings is 1. The van der Waals surface area contributed by atoms with E-state index in [1.54, 1.807) is 6.07 Å². The highest BCUT2D eigenvalue weighted by atomic mass is 32.1. The molecule has 0 saturated carbocycles. The molecule has 1 rings (SSSR count). The fourth-order valence-corrected chi connectivity index (χ4v) is 1.11. The Balaban J connectivity index is 3.06. The van der Waals surface area contributed by atoms with Gasteiger partial charge in [0, 0.05) is 17.4 Å². The van der Waals surface area contributed by atoms with Gasteiger partial charge in [-0.05, 0) is 6.07 Å². The number of ether oxygens (including phenoxy) is 1. The smallest absolute Gasteiger partial charge is 0.126 e. The maximum atomic E-state index is 12.6. The minimum absolute atomic E-state index is 0.285. The number of methoxy groups -OCH3 is 1. The summed E-state index contributed by atoms with van der Waals surface area (Å²) in [4.78, 5) is 0. The van der Waals surface area contributed by atoms with Crippen molar-refractivity contribution in [3.63, 3.8) is 0 Å². The molecular weight excluding hydrogens is 163 g/mol. The van der Waals surface area contributed by atoms with Crippen molar-refractivity contribution < 1.29 is 9.13 Å². The summed E-state index contributed by atoms with van der Waals surface area (Å²) < 4.78 is 17.5. The van der Waals surface area contributed by atoms with Crippen molar-refractivity contribution in [3.05, 3.63) is 29.6 Å². The molecule has 60 valence electrons. The first-order chi connectivity index (χ1) is 5.27. The number of hydrogen-bond donors (Lipinski definition) is 1. The molecule has 1 nitrogen and oxygen atoms in total. The SMILES string of the molecule is COc1cc(F)ccc1CS. The fourth-order valence-electron chi connectivity index (χ4n) is 0.849. The Bertz CT molecular complexity index is 250. The van der Waals surface area contributed by atoms with Crippen LogP contribution in [0, 0.1) is 5.82 Å². The Kier molecular flexibility index (Phi) is 2.76. The van der Waals surface area contributed by atoms with Crippen LogP contribution in [0.15, 0.2) is 18.2 Å². The normalized spacial score (nSPS) is 9.73. The number of hydrogen-bond acceptors (Lipinski definition) is 2. The summed E-state index contributed by atoms with van der Waals surface area (Å²) in [6.07, 6.45) is 0. The van der Waals surface area contributed by atoms with Crippen molar-refractivity contribution in [1.82, 2.24) is 0 Å². The van der Waals surface area contributed by atoms with Gasteiger partial charge in [0.05, 0.1) is 7.11 Å². The molecule has 0 fully saturated rings. The summed E-state index contributed by atoms with van der Waals surface area (Å²) in [5.74, 6) is 0.830. The quantitative estimate of drug-likeness (QED) is 0.673. The number of halogens is 1. The number of thiol groups is 1. The summed E-state index contributed by atoms with van der Waals surface area (Å²) in [5.41, 5.74) is 0.900. The molecule has 0 aliphatic carbocycles. The van der Waals surface area contributed by atoms with Gasteiger partial charge in [0.2, 0.25) is 0 Å². The van der Waals surface area contributed by atoms with Crippen molar-refractivity contribution in [1.29, 1.82) is 0 Å². The average molecular weight is 172 g/mol. The first kappa shape index (κ1) is 8.40. The molecular formula is C8H9FOS. The van der Waals surface area contributed by atoms with E-state index in [-0.39, 0.29) is 5.82 Å². The Morgan fingerprint density at radius 1 is 1.55 bits per heavy atom. The molecule has 0 bridgehead atoms. The van der Waals surface area contributed by atoms with Crippen LogP contribution in [0.4, 0.5) is 4.39 Å². The Labute approximate surface area is 70.6 Å². The predicted octanol–water partition coefficient (Wildman–Crippen LogP) is 2.26. The molecule has 0 atom stereocenters. The van der Waals surface area contributed by atoms with Gasteiger partial charge in [-0.2, -0.15) is 12.6 Å². The van der Waals surface area contributed by atoms with Crippen LogP contribution >= 0.6 is 12.6 Å². The molecule has 0 spiro atoms. The molecule has 0 unspecified atom stereocenters. The lowest BCUT2D eigenvalue weighted by Crippen LogP contribution is -1.89. The highest BCUT2D eigenvalue weighted by molar-refractivity contribution is 7.79. The van der Waals surface area contributed by atoms with E-state index in [1.165, 1.54) is 19.2 Å². The Morgan fingerprint density at radius 2 is 2.27 bits per heavy atom. The van der Waals surface area contributed by atoms with Gasteiger partial charge in [0.25, 0.3) is 0 Å². The van der Waals surface area contributed by atoms with Crippen molar-refractivity contribution in [2.45, 2.75) is 5.75 Å². The average Bonchev–Trinajstić information content (AvgIpc) is 2.04. The monoisotopic (exact) mass is 172 g/mol. The first-order valence-corrected chi connectivity index (χ1v) is 3.84. The zero-order valence-electron chi connectivity index (χ0n) is 6.17. The van der Waals surface area contributed by atoms with Crippen molar-refractivity contribution >= 4 is 12.6 Å². The molecule has 0 aliphatic heterocycles. The molecule has 0 heterocycles. The van der Waals surface area contributed by atoms with E-state index in [0.717, 1.165) is 5.56 Å². The number of rotatable bonds is 2. The van der Waals surface area contributed by atoms with Crippen molar-refractivity contribution in [2.75, 3.05) is 7.11 Å². The van der Waals surface area contributed by atoms with Crippen LogP contribution in [0.25, 0.3) is 0 Å². The lowest BCUT2D eigenvalue weighted by Gasteiger charge is -2.04. The van der Waals surface area contributed by atoms with Gasteiger partial charge in [-0.15, -0.1) is 0 Å². The van der Waals surface area contributed by atoms with Crippen LogP contribution in [-0.2, 0) is 5.75 Å². The van der Waals surface area contributed by atoms with Gasteiger partial charge in [-0.3, -0.25) is 0 Å². The van der Waals surface area contributed by atoms with Gasteiger partial charge in [-0.25, -0.2) is 4.39 Å². The molecule has 0 amide bonds. The van der Waals surface area contributed by atoms with Gasteiger partial charge in [0.15, 0.2) is 0 Å². The first-order valence-electron chi connectivity index (χ1n) is 3.21. The van der Waals surface area contributed by atoms with Crippen LogP contribution in [0.5, 0.6) is 5.75 Å². The third-order valence-electron chi connectivity index (χ3n) is 1.42. The summed E-state index contributed by atoms with van der Waals surface area (Å²) in [7, 11) is 1.52. The summed E-state index contributed by atoms with van der Waals surface area (Å²) in [5, 5.41) is 0. The molecule has 1 aromatic carbocycles. The van der Waals surface area contributed by atoms with Crippen molar-refractivity contribution in [3.8, 4) is 5.75 Å². The maximum Gasteiger partial charge on any atom is 0.126 e. The van der Waals surface area contributed by atoms with Crippen LogP contribution in [0.3, 0.4) is 0 Å². The highest BCUT2D eigenvalue weighted by Crippen LogP contribution is 2.20. The van der Waals surface area contributed by atoms with Crippen LogP contribution in [-0.4, -0.2) is 7.11 Å². The minimum Gasteiger partial charge on any atom is -0.496 e. The van der Waals surface area contributed by atoms with Gasteiger partial charge >= 0.3 is 0 Å². The zero-order chi connectivity index (χ0) is 8.27. The molecule has 0 aliphatic rings. The van der Waals surface area contributed by atoms with E-state index < -0.39 is 0 Å². The zero-order valence-corrected chi connectivity index (χ0v) is 7.07. The second kappa shape index (κ2) is 3.62. The van der Waals surface area contributed by atoms with E-state index in [2.05, 4.69) is 12.6 Å². The second-order valence-corrected chi connectivity index (χ2v) is 2.43. The summed E-state index contributed by atoms with van der Waals surface area (Å²) in [6, 6.07) is 4.42. The van der Waals surface area contributed by atoms with E-state index >= 15 is 0 Å². The molecule has 0 aromatic heterocycles. The third-order valence-corrected chi connectivity index (χ3v) is 1.76. The third kappa shape index (κ3) is 1.87. The van der Waals surface area contributed by atoms with Crippen LogP contribution in [0.1, 0.15) is 5.56 Å². The molecule has 0 saturated heterocycles. The van der Waals surface area contributed by atoms with E-state index in [9.17, 15) is 4.39 Å². The lowest BCUT2D eigenvalue weighted by atomic mass is 10.2. The fraction of sp³-hybridized carbons (Fsp3) is 0.250. The highest BCUT2D eigenvalue weighted by Gasteiger charge is 2.01. The van der Waals surface area contributed by atoms with Crippen LogP contribution < -0.4 is 4.74 Å². The van der Waals surface area contributed by atoms with Gasteiger partial charge in [0.1, 0.15) is 11.6 Å². The summed E-state index contributed by atoms with van der Waals surface area (Å²) >= 11 is 4.07. The largest absolute Gasteiger partial charge is 0.496 e. The van der Waals surface area contributed by atoms with Crippen LogP contribution in [0.2, 0.25) is 0 Å². The van der Waals surface area contributed by atoms with Gasteiger partial charge < -0.3 is 4.74 Å². The van der Waals surface area contributed by atoms with Gasteiger partial charge in [-0.1, -0.05) is 6.07 Å². The Morgan fingerprint density at radius 3 is 2.82 bits per heavy atom. The topological polar surface area (TPSA) is 9.23 Å². The molecule has 0 radical (unpaired) electrons. The van der Waals surface area contributed by atoms with E-state index in [4.69, 9.17) is 4.74 Å². The summed E-state index contributed by atoms with van der Waals surface area (Å²) in [6.45, 7) is 0. The maximum absolute atomic E-state index is 12.6. The molecule has 11 heavy (non-hydrogen) atoms. The molecule has 0 N–H and O–H groups in total. The Hall–Kier alpha value is -0.700. The predicted molar refractivity (Wildman–Crippen MR) is 45.6 cm³/mol. The second-order valence-electron chi connectivity index (χ2n) is 2.11. The van der Waals surface area contributed by atoms with Crippen molar-refractivity contribution in [2.24, 2.45) is 0 Å². The molecule has 1 aromatic rings. The van der Waals surface area contributed by atoms with E-state index in [0.29, 0.717) is 11.5 Å². The van der Waals surface area contributed by atoms with E-state index in [1.807, 2.05) is 0 Å². The molecule has 3 heteroatoms. The standard InChI is InChI=1S/C8H9FOS/c1-10-8-4-7(9)3-2-6(8)5-11/h2-4,11H,5H2,1H3.